The van der Waals surface area contributed by atoms with Crippen molar-refractivity contribution in [2.45, 2.75) is 0 Å². The predicted molar refractivity (Wildman–Crippen MR) is 59.0 cm³/mol. The van der Waals surface area contributed by atoms with E-state index in [1.54, 1.807) is 0 Å². The average Bonchev–Trinajstić information content (AvgIpc) is 1.61. The van der Waals surface area contributed by atoms with Gasteiger partial charge in [0.05, 0.1) is 0 Å². The molecular formula is C3H5BI2S. The number of allylic oxidation sites excluding steroid dienone is 1. The number of halogens is 2. The summed E-state index contributed by atoms with van der Waals surface area (Å²) in [4.78, 5) is 0. The zero-order chi connectivity index (χ0) is 5.70. The van der Waals surface area contributed by atoms with Crippen LogP contribution in [0.4, 0.5) is 0 Å². The highest BCUT2D eigenvalue weighted by atomic mass is 127. The predicted octanol–water partition coefficient (Wildman–Crippen LogP) is 2.30. The van der Waals surface area contributed by atoms with Crippen LogP contribution >= 0.6 is 56.0 Å². The van der Waals surface area contributed by atoms with Crippen molar-refractivity contribution in [1.29, 1.82) is 0 Å². The molecule has 0 bridgehead atoms. The van der Waals surface area contributed by atoms with Crippen molar-refractivity contribution >= 4 is 63.0 Å². The minimum absolute atomic E-state index is 0.688. The average molecular weight is 338 g/mol. The van der Waals surface area contributed by atoms with Gasteiger partial charge in [0, 0.05) is 0 Å². The summed E-state index contributed by atoms with van der Waals surface area (Å²) < 4.78 is 0.688. The molecule has 0 amide bonds. The fourth-order valence-corrected chi connectivity index (χ4v) is 1.49. The van der Waals surface area contributed by atoms with Gasteiger partial charge in [-0.15, -0.1) is 44.7 Å². The molecule has 0 atom stereocenters. The molecule has 0 nitrogen and oxygen atoms in total. The van der Waals surface area contributed by atoms with Crippen LogP contribution in [0.1, 0.15) is 0 Å². The van der Waals surface area contributed by atoms with Gasteiger partial charge in [0.1, 0.15) is 0 Å². The van der Waals surface area contributed by atoms with E-state index in [-0.39, 0.29) is 0 Å². The zero-order valence-corrected chi connectivity index (χ0v) is 8.85. The molecule has 0 fully saturated rings. The molecule has 0 aliphatic rings. The van der Waals surface area contributed by atoms with E-state index in [4.69, 9.17) is 0 Å². The van der Waals surface area contributed by atoms with Gasteiger partial charge in [0.25, 0.3) is 0 Å². The lowest BCUT2D eigenvalue weighted by atomic mass is 10.7. The molecule has 7 heavy (non-hydrogen) atoms. The van der Waals surface area contributed by atoms with Gasteiger partial charge in [-0.25, -0.2) is 11.2 Å². The van der Waals surface area contributed by atoms with Crippen LogP contribution in [-0.2, 0) is 0 Å². The van der Waals surface area contributed by atoms with Gasteiger partial charge in [0.2, 0.25) is 0 Å². The van der Waals surface area contributed by atoms with Crippen LogP contribution in [0.5, 0.6) is 0 Å². The largest absolute Gasteiger partial charge is 0.343 e. The Kier molecular flexibility index (Phi) is 6.81. The Balaban J connectivity index is 3.25. The van der Waals surface area contributed by atoms with E-state index in [0.29, 0.717) is 1.70 Å². The van der Waals surface area contributed by atoms with E-state index in [9.17, 15) is 0 Å². The van der Waals surface area contributed by atoms with Gasteiger partial charge in [0.15, 0.2) is 0 Å². The maximum atomic E-state index is 3.56. The summed E-state index contributed by atoms with van der Waals surface area (Å²) in [5.74, 6) is 0. The van der Waals surface area contributed by atoms with Crippen LogP contribution in [-0.4, -0.2) is 7.07 Å². The molecule has 0 unspecified atom stereocenters. The highest BCUT2D eigenvalue weighted by Crippen LogP contribution is 2.11. The number of rotatable bonds is 2. The smallest absolute Gasteiger partial charge is 0.216 e. The van der Waals surface area contributed by atoms with Crippen molar-refractivity contribution < 1.29 is 0 Å². The SMILES string of the molecule is C=CC=[SH]B(I)I. The second-order valence-corrected chi connectivity index (χ2v) is 8.77. The number of hydrogen-bond acceptors (Lipinski definition) is 0. The van der Waals surface area contributed by atoms with Crippen molar-refractivity contribution in [1.82, 2.24) is 0 Å². The highest BCUT2D eigenvalue weighted by Gasteiger charge is 1.90. The molecule has 0 radical (unpaired) electrons. The van der Waals surface area contributed by atoms with Crippen molar-refractivity contribution in [3.05, 3.63) is 12.7 Å². The van der Waals surface area contributed by atoms with E-state index in [1.807, 2.05) is 11.4 Å². The van der Waals surface area contributed by atoms with E-state index < -0.39 is 0 Å². The highest BCUT2D eigenvalue weighted by molar-refractivity contribution is 14.3. The van der Waals surface area contributed by atoms with Crippen LogP contribution in [0.3, 0.4) is 0 Å². The topological polar surface area (TPSA) is 0 Å². The summed E-state index contributed by atoms with van der Waals surface area (Å²) in [6.45, 7) is 3.56. The Labute approximate surface area is 74.8 Å². The van der Waals surface area contributed by atoms with E-state index in [2.05, 4.69) is 51.3 Å². The molecule has 0 N–H and O–H groups in total. The fraction of sp³-hybridized carbons (Fsp3) is 0. The number of hydrogen-bond donors (Lipinski definition) is 1. The summed E-state index contributed by atoms with van der Waals surface area (Å²) >= 11 is 6.06. The third-order valence-electron chi connectivity index (χ3n) is 0.304. The number of thiol groups is 1. The normalized spacial score (nSPS) is 10.6. The first-order valence-corrected chi connectivity index (χ1v) is 5.22. The Morgan fingerprint density at radius 1 is 1.57 bits per heavy atom. The van der Waals surface area contributed by atoms with Gasteiger partial charge < -0.3 is 0 Å². The lowest BCUT2D eigenvalue weighted by molar-refractivity contribution is 2.56. The quantitative estimate of drug-likeness (QED) is 0.258. The summed E-state index contributed by atoms with van der Waals surface area (Å²) in [6, 6.07) is 0. The molecule has 0 aliphatic heterocycles. The molecule has 0 aromatic heterocycles. The molecule has 0 aromatic carbocycles. The fourth-order valence-electron chi connectivity index (χ4n) is 0.126. The first kappa shape index (κ1) is 8.48. The molecular weight excluding hydrogens is 333 g/mol. The third kappa shape index (κ3) is 7.48. The molecule has 0 spiro atoms. The third-order valence-corrected chi connectivity index (χ3v) is 2.84. The van der Waals surface area contributed by atoms with Crippen LogP contribution in [0.2, 0.25) is 0 Å². The Morgan fingerprint density at radius 2 is 2.14 bits per heavy atom. The van der Waals surface area contributed by atoms with Crippen molar-refractivity contribution in [2.24, 2.45) is 0 Å². The van der Waals surface area contributed by atoms with Crippen LogP contribution in [0.15, 0.2) is 12.7 Å². The van der Waals surface area contributed by atoms with Gasteiger partial charge in [-0.2, -0.15) is 0 Å². The van der Waals surface area contributed by atoms with Crippen LogP contribution in [0, 0.1) is 0 Å². The van der Waals surface area contributed by atoms with Gasteiger partial charge in [-0.3, -0.25) is 0 Å². The van der Waals surface area contributed by atoms with Crippen LogP contribution < -0.4 is 0 Å². The van der Waals surface area contributed by atoms with Crippen molar-refractivity contribution in [3.63, 3.8) is 0 Å². The minimum Gasteiger partial charge on any atom is -0.216 e. The Bertz CT molecular complexity index is 81.0. The molecule has 0 saturated carbocycles. The van der Waals surface area contributed by atoms with Crippen LogP contribution in [0.25, 0.3) is 0 Å². The second-order valence-electron chi connectivity index (χ2n) is 0.812. The van der Waals surface area contributed by atoms with Gasteiger partial charge in [-0.1, -0.05) is 18.0 Å². The van der Waals surface area contributed by atoms with Crippen molar-refractivity contribution in [3.8, 4) is 0 Å². The maximum absolute atomic E-state index is 3.56. The molecule has 0 aromatic rings. The molecule has 0 saturated heterocycles. The first-order valence-electron chi connectivity index (χ1n) is 1.69. The molecule has 0 rings (SSSR count). The summed E-state index contributed by atoms with van der Waals surface area (Å²) in [6.07, 6.45) is 1.83. The Hall–Kier alpha value is 1.48. The minimum atomic E-state index is 0.688. The second kappa shape index (κ2) is 5.62. The zero-order valence-electron chi connectivity index (χ0n) is 3.64. The van der Waals surface area contributed by atoms with Gasteiger partial charge >= 0.3 is 1.70 Å². The standard InChI is InChI=1S/C3H5BI2S/c1-2-3-7-4(5)6/h2-3,7H,1H2. The lowest BCUT2D eigenvalue weighted by Gasteiger charge is -1.78. The van der Waals surface area contributed by atoms with Crippen molar-refractivity contribution in [2.75, 3.05) is 0 Å². The summed E-state index contributed by atoms with van der Waals surface area (Å²) in [5, 5.41) is 2.05. The molecule has 4 heteroatoms. The molecule has 0 aliphatic carbocycles. The molecule has 40 valence electrons. The van der Waals surface area contributed by atoms with E-state index >= 15 is 0 Å². The van der Waals surface area contributed by atoms with E-state index in [0.717, 1.165) is 0 Å². The van der Waals surface area contributed by atoms with E-state index in [1.165, 1.54) is 11.2 Å². The lowest BCUT2D eigenvalue weighted by Crippen LogP contribution is -1.72. The monoisotopic (exact) mass is 338 g/mol. The Morgan fingerprint density at radius 3 is 2.29 bits per heavy atom. The first-order chi connectivity index (χ1) is 3.27. The van der Waals surface area contributed by atoms with Gasteiger partial charge in [-0.05, 0) is 0 Å². The maximum Gasteiger partial charge on any atom is 0.343 e. The molecule has 0 heterocycles. The summed E-state index contributed by atoms with van der Waals surface area (Å²) in [7, 11) is 0. The summed E-state index contributed by atoms with van der Waals surface area (Å²) in [5.41, 5.74) is 0.